The van der Waals surface area contributed by atoms with Gasteiger partial charge in [-0.1, -0.05) is 11.0 Å². The minimum atomic E-state index is -4.89. The molecular formula is C6H6BF3KN. The molecule has 0 spiro atoms. The van der Waals surface area contributed by atoms with E-state index in [9.17, 15) is 12.9 Å². The van der Waals surface area contributed by atoms with Crippen LogP contribution in [0, 0.1) is 6.92 Å². The van der Waals surface area contributed by atoms with E-state index in [4.69, 9.17) is 0 Å². The maximum Gasteiger partial charge on any atom is 1.00 e. The van der Waals surface area contributed by atoms with Gasteiger partial charge in [0.05, 0.1) is 0 Å². The van der Waals surface area contributed by atoms with Crippen molar-refractivity contribution in [3.05, 3.63) is 24.0 Å². The normalized spacial score (nSPS) is 10.7. The summed E-state index contributed by atoms with van der Waals surface area (Å²) in [6.45, 7) is -3.47. The third-order valence-electron chi connectivity index (χ3n) is 1.43. The minimum absolute atomic E-state index is 0. The monoisotopic (exact) mass is 199 g/mol. The zero-order valence-corrected chi connectivity index (χ0v) is 10.0. The van der Waals surface area contributed by atoms with E-state index in [1.807, 2.05) is 0 Å². The van der Waals surface area contributed by atoms with Gasteiger partial charge in [0.1, 0.15) is 0 Å². The van der Waals surface area contributed by atoms with E-state index in [2.05, 4.69) is 4.98 Å². The van der Waals surface area contributed by atoms with Crippen molar-refractivity contribution in [2.24, 2.45) is 0 Å². The van der Waals surface area contributed by atoms with Gasteiger partial charge in [-0.2, -0.15) is 0 Å². The van der Waals surface area contributed by atoms with Crippen LogP contribution in [0.2, 0.25) is 0 Å². The van der Waals surface area contributed by atoms with Crippen molar-refractivity contribution >= 4 is 12.4 Å². The Morgan fingerprint density at radius 1 is 1.33 bits per heavy atom. The van der Waals surface area contributed by atoms with Gasteiger partial charge < -0.3 is 12.9 Å². The van der Waals surface area contributed by atoms with Crippen LogP contribution in [-0.4, -0.2) is 12.0 Å². The van der Waals surface area contributed by atoms with Crippen LogP contribution >= 0.6 is 0 Å². The second kappa shape index (κ2) is 4.76. The van der Waals surface area contributed by atoms with Crippen molar-refractivity contribution in [1.29, 1.82) is 0 Å². The van der Waals surface area contributed by atoms with E-state index in [-0.39, 0.29) is 56.9 Å². The molecule has 0 atom stereocenters. The number of rotatable bonds is 1. The molecule has 1 aromatic rings. The van der Waals surface area contributed by atoms with Crippen LogP contribution in [0.5, 0.6) is 0 Å². The van der Waals surface area contributed by atoms with Gasteiger partial charge in [-0.3, -0.25) is 4.98 Å². The van der Waals surface area contributed by atoms with Crippen LogP contribution in [-0.2, 0) is 0 Å². The van der Waals surface area contributed by atoms with Gasteiger partial charge in [-0.15, -0.1) is 0 Å². The quantitative estimate of drug-likeness (QED) is 0.499. The maximum atomic E-state index is 12.1. The van der Waals surface area contributed by atoms with Gasteiger partial charge in [-0.25, -0.2) is 0 Å². The first-order valence-corrected chi connectivity index (χ1v) is 3.12. The number of aromatic nitrogens is 1. The Kier molecular flexibility index (Phi) is 5.01. The van der Waals surface area contributed by atoms with Crippen LogP contribution in [0.25, 0.3) is 0 Å². The van der Waals surface area contributed by atoms with Crippen LogP contribution < -0.4 is 56.8 Å². The Hall–Kier alpha value is 0.641. The summed E-state index contributed by atoms with van der Waals surface area (Å²) in [5.74, 6) is 0. The largest absolute Gasteiger partial charge is 1.00 e. The Morgan fingerprint density at radius 2 is 1.92 bits per heavy atom. The number of nitrogens with zero attached hydrogens (tertiary/aromatic N) is 1. The van der Waals surface area contributed by atoms with Gasteiger partial charge in [0.15, 0.2) is 0 Å². The van der Waals surface area contributed by atoms with E-state index in [1.165, 1.54) is 19.2 Å². The summed E-state index contributed by atoms with van der Waals surface area (Å²) in [4.78, 5) is 3.41. The Balaban J connectivity index is 0.00000121. The molecule has 1 rings (SSSR count). The van der Waals surface area contributed by atoms with Gasteiger partial charge in [0, 0.05) is 12.4 Å². The Bertz CT molecular complexity index is 263. The molecular weight excluding hydrogens is 193 g/mol. The third kappa shape index (κ3) is 3.18. The summed E-state index contributed by atoms with van der Waals surface area (Å²) in [6.07, 6.45) is 2.20. The fraction of sp³-hybridized carbons (Fsp3) is 0.167. The van der Waals surface area contributed by atoms with Crippen LogP contribution in [0.1, 0.15) is 5.56 Å². The van der Waals surface area contributed by atoms with Gasteiger partial charge in [0.2, 0.25) is 0 Å². The van der Waals surface area contributed by atoms with Crippen LogP contribution in [0.15, 0.2) is 18.5 Å². The fourth-order valence-corrected chi connectivity index (χ4v) is 0.819. The molecule has 1 heterocycles. The Labute approximate surface area is 111 Å². The molecule has 0 aromatic carbocycles. The molecule has 0 saturated carbocycles. The van der Waals surface area contributed by atoms with Gasteiger partial charge in [0.25, 0.3) is 0 Å². The van der Waals surface area contributed by atoms with E-state index in [0.717, 1.165) is 6.20 Å². The fourth-order valence-electron chi connectivity index (χ4n) is 0.819. The first-order chi connectivity index (χ1) is 5.02. The second-order valence-electron chi connectivity index (χ2n) is 2.31. The zero-order valence-electron chi connectivity index (χ0n) is 6.89. The molecule has 0 radical (unpaired) electrons. The molecule has 0 unspecified atom stereocenters. The number of hydrogen-bond donors (Lipinski definition) is 0. The number of hydrogen-bond acceptors (Lipinski definition) is 1. The number of pyridine rings is 1. The predicted molar refractivity (Wildman–Crippen MR) is 37.7 cm³/mol. The first kappa shape index (κ1) is 12.6. The summed E-state index contributed by atoms with van der Waals surface area (Å²) in [6, 6.07) is 1.35. The topological polar surface area (TPSA) is 12.9 Å². The van der Waals surface area contributed by atoms with Crippen molar-refractivity contribution in [3.63, 3.8) is 0 Å². The van der Waals surface area contributed by atoms with E-state index in [1.54, 1.807) is 0 Å². The summed E-state index contributed by atoms with van der Waals surface area (Å²) >= 11 is 0. The summed E-state index contributed by atoms with van der Waals surface area (Å²) in [7, 11) is 0. The smallest absolute Gasteiger partial charge is 0.445 e. The standard InChI is InChI=1S/C6H6BF3N.K/c1-5-2-3-11-4-6(5)7(8,9)10;/h2-4H,1H3;/q-1;+1. The summed E-state index contributed by atoms with van der Waals surface area (Å²) in [5, 5.41) is 0. The molecule has 0 aliphatic rings. The van der Waals surface area contributed by atoms with E-state index < -0.39 is 12.4 Å². The van der Waals surface area contributed by atoms with Crippen molar-refractivity contribution < 1.29 is 64.3 Å². The van der Waals surface area contributed by atoms with Crippen molar-refractivity contribution in [2.45, 2.75) is 6.92 Å². The van der Waals surface area contributed by atoms with Crippen molar-refractivity contribution in [2.75, 3.05) is 0 Å². The van der Waals surface area contributed by atoms with E-state index in [0.29, 0.717) is 0 Å². The summed E-state index contributed by atoms with van der Waals surface area (Å²) in [5.41, 5.74) is -0.375. The van der Waals surface area contributed by atoms with Crippen LogP contribution in [0.3, 0.4) is 0 Å². The Morgan fingerprint density at radius 3 is 2.25 bits per heavy atom. The average Bonchev–Trinajstić information content (AvgIpc) is 1.86. The second-order valence-corrected chi connectivity index (χ2v) is 2.31. The van der Waals surface area contributed by atoms with Crippen molar-refractivity contribution in [3.8, 4) is 0 Å². The molecule has 0 amide bonds. The minimum Gasteiger partial charge on any atom is -0.445 e. The zero-order chi connectivity index (χ0) is 8.48. The predicted octanol–water partition coefficient (Wildman–Crippen LogP) is -1.55. The van der Waals surface area contributed by atoms with Crippen molar-refractivity contribution in [1.82, 2.24) is 4.98 Å². The molecule has 1 aromatic heterocycles. The summed E-state index contributed by atoms with van der Waals surface area (Å²) < 4.78 is 36.2. The molecule has 0 fully saturated rings. The van der Waals surface area contributed by atoms with Gasteiger partial charge >= 0.3 is 58.4 Å². The molecule has 0 aliphatic heterocycles. The van der Waals surface area contributed by atoms with E-state index >= 15 is 0 Å². The molecule has 60 valence electrons. The molecule has 0 N–H and O–H groups in total. The number of halogens is 3. The van der Waals surface area contributed by atoms with Crippen LogP contribution in [0.4, 0.5) is 12.9 Å². The van der Waals surface area contributed by atoms with Gasteiger partial charge in [-0.05, 0) is 13.0 Å². The average molecular weight is 199 g/mol. The maximum absolute atomic E-state index is 12.1. The third-order valence-corrected chi connectivity index (χ3v) is 1.43. The molecule has 0 saturated heterocycles. The molecule has 6 heteroatoms. The molecule has 0 bridgehead atoms. The number of aryl methyl sites for hydroxylation is 1. The molecule has 0 aliphatic carbocycles. The SMILES string of the molecule is Cc1ccncc1[B-](F)(F)F.[K+]. The first-order valence-electron chi connectivity index (χ1n) is 3.12. The molecule has 1 nitrogen and oxygen atoms in total. The molecule has 12 heavy (non-hydrogen) atoms.